The number of hydrogen-bond acceptors (Lipinski definition) is 4. The average molecular weight is 454 g/mol. The molecule has 0 aliphatic heterocycles. The van der Waals surface area contributed by atoms with Crippen molar-refractivity contribution in [2.45, 2.75) is 26.0 Å². The van der Waals surface area contributed by atoms with Crippen molar-refractivity contribution in [3.05, 3.63) is 76.1 Å². The van der Waals surface area contributed by atoms with Crippen LogP contribution in [0.5, 0.6) is 5.75 Å². The van der Waals surface area contributed by atoms with Crippen LogP contribution < -0.4 is 10.1 Å². The van der Waals surface area contributed by atoms with Crippen molar-refractivity contribution in [2.75, 3.05) is 0 Å². The Bertz CT molecular complexity index is 1310. The Morgan fingerprint density at radius 2 is 1.87 bits per heavy atom. The van der Waals surface area contributed by atoms with Crippen molar-refractivity contribution in [1.29, 1.82) is 0 Å². The van der Waals surface area contributed by atoms with Gasteiger partial charge in [0.25, 0.3) is 5.91 Å². The van der Waals surface area contributed by atoms with E-state index >= 15 is 0 Å². The molecule has 0 aliphatic rings. The summed E-state index contributed by atoms with van der Waals surface area (Å²) in [5.74, 6) is -1.21. The lowest BCUT2D eigenvalue weighted by molar-refractivity contribution is -0.143. The zero-order chi connectivity index (χ0) is 22.2. The molecular formula is C24H20ClNO4S. The van der Waals surface area contributed by atoms with E-state index in [9.17, 15) is 14.7 Å². The Morgan fingerprint density at radius 1 is 1.10 bits per heavy atom. The number of ether oxygens (including phenoxy) is 1. The summed E-state index contributed by atoms with van der Waals surface area (Å²) in [6, 6.07) is 16.8. The number of thiophene rings is 1. The van der Waals surface area contributed by atoms with Crippen LogP contribution in [-0.4, -0.2) is 22.5 Å². The molecule has 0 atom stereocenters. The summed E-state index contributed by atoms with van der Waals surface area (Å²) in [6.45, 7) is 3.13. The molecule has 1 heterocycles. The molecule has 4 rings (SSSR count). The molecular weight excluding hydrogens is 434 g/mol. The minimum absolute atomic E-state index is 0.247. The highest BCUT2D eigenvalue weighted by Gasteiger charge is 2.30. The molecule has 0 radical (unpaired) electrons. The number of fused-ring (bicyclic) bond motifs is 2. The molecule has 0 bridgehead atoms. The van der Waals surface area contributed by atoms with Crippen LogP contribution in [0.15, 0.2) is 60.0 Å². The van der Waals surface area contributed by atoms with Crippen LogP contribution in [0.3, 0.4) is 0 Å². The van der Waals surface area contributed by atoms with Crippen molar-refractivity contribution < 1.29 is 19.4 Å². The second-order valence-electron chi connectivity index (χ2n) is 7.74. The largest absolute Gasteiger partial charge is 0.487 e. The summed E-state index contributed by atoms with van der Waals surface area (Å²) in [7, 11) is 0. The van der Waals surface area contributed by atoms with E-state index in [0.29, 0.717) is 10.8 Å². The first-order chi connectivity index (χ1) is 14.8. The number of aliphatic carboxylic acids is 1. The van der Waals surface area contributed by atoms with Crippen LogP contribution in [0, 0.1) is 0 Å². The van der Waals surface area contributed by atoms with Gasteiger partial charge in [-0.1, -0.05) is 41.9 Å². The van der Waals surface area contributed by atoms with Gasteiger partial charge in [-0.3, -0.25) is 4.79 Å². The van der Waals surface area contributed by atoms with Gasteiger partial charge in [0.2, 0.25) is 0 Å². The zero-order valence-corrected chi connectivity index (χ0v) is 18.5. The van der Waals surface area contributed by atoms with Crippen molar-refractivity contribution in [3.63, 3.8) is 0 Å². The number of nitrogens with one attached hydrogen (secondary N) is 1. The van der Waals surface area contributed by atoms with Gasteiger partial charge in [-0.25, -0.2) is 4.79 Å². The number of carbonyl (C=O) groups is 2. The maximum absolute atomic E-state index is 13.0. The van der Waals surface area contributed by atoms with Crippen LogP contribution in [0.2, 0.25) is 5.02 Å². The van der Waals surface area contributed by atoms with Crippen LogP contribution in [0.25, 0.3) is 20.9 Å². The van der Waals surface area contributed by atoms with Crippen LogP contribution in [0.4, 0.5) is 0 Å². The normalized spacial score (nSPS) is 11.6. The summed E-state index contributed by atoms with van der Waals surface area (Å²) < 4.78 is 7.29. The van der Waals surface area contributed by atoms with E-state index in [4.69, 9.17) is 16.3 Å². The average Bonchev–Trinajstić information content (AvgIpc) is 3.13. The molecule has 158 valence electrons. The molecule has 0 aliphatic carbocycles. The lowest BCUT2D eigenvalue weighted by Gasteiger charge is -2.22. The number of carboxylic acid groups (broad SMARTS) is 1. The summed E-state index contributed by atoms with van der Waals surface area (Å²) in [5.41, 5.74) is -0.168. The van der Waals surface area contributed by atoms with Gasteiger partial charge in [-0.05, 0) is 48.9 Å². The predicted molar refractivity (Wildman–Crippen MR) is 124 cm³/mol. The molecule has 1 aromatic heterocycles. The topological polar surface area (TPSA) is 75.6 Å². The summed E-state index contributed by atoms with van der Waals surface area (Å²) in [4.78, 5) is 24.4. The summed E-state index contributed by atoms with van der Waals surface area (Å²) in [5, 5.41) is 17.3. The lowest BCUT2D eigenvalue weighted by Crippen LogP contribution is -2.49. The highest BCUT2D eigenvalue weighted by atomic mass is 35.5. The van der Waals surface area contributed by atoms with Gasteiger partial charge in [-0.2, -0.15) is 0 Å². The second-order valence-corrected chi connectivity index (χ2v) is 9.09. The smallest absolute Gasteiger partial charge is 0.328 e. The van der Waals surface area contributed by atoms with E-state index in [0.717, 1.165) is 26.4 Å². The molecule has 0 fully saturated rings. The van der Waals surface area contributed by atoms with Crippen LogP contribution in [-0.2, 0) is 11.4 Å². The third kappa shape index (κ3) is 4.22. The Hall–Kier alpha value is -3.09. The minimum Gasteiger partial charge on any atom is -0.487 e. The number of halogens is 1. The van der Waals surface area contributed by atoms with Crippen molar-refractivity contribution in [3.8, 4) is 5.75 Å². The second kappa shape index (κ2) is 8.21. The van der Waals surface area contributed by atoms with E-state index in [1.807, 2.05) is 53.9 Å². The standard InChI is InChI=1S/C24H20ClNO4S/c1-24(2,23(28)29)26-22(27)18-9-7-14-5-3-4-6-17(14)21(18)30-12-15-13-31-20-10-8-16(25)11-19(15)20/h3-11,13H,12H2,1-2H3,(H,26,27)(H,28,29). The summed E-state index contributed by atoms with van der Waals surface area (Å²) in [6.07, 6.45) is 0. The Balaban J connectivity index is 1.72. The number of rotatable bonds is 6. The van der Waals surface area contributed by atoms with Gasteiger partial charge in [0.05, 0.1) is 5.56 Å². The van der Waals surface area contributed by atoms with Crippen LogP contribution >= 0.6 is 22.9 Å². The number of carbonyl (C=O) groups excluding carboxylic acids is 1. The van der Waals surface area contributed by atoms with Gasteiger partial charge in [-0.15, -0.1) is 11.3 Å². The molecule has 0 saturated carbocycles. The van der Waals surface area contributed by atoms with E-state index in [-0.39, 0.29) is 12.2 Å². The van der Waals surface area contributed by atoms with E-state index < -0.39 is 17.4 Å². The molecule has 31 heavy (non-hydrogen) atoms. The molecule has 1 amide bonds. The number of hydrogen-bond donors (Lipinski definition) is 2. The Labute approximate surface area is 188 Å². The summed E-state index contributed by atoms with van der Waals surface area (Å²) >= 11 is 7.76. The van der Waals surface area contributed by atoms with E-state index in [1.165, 1.54) is 13.8 Å². The minimum atomic E-state index is -1.42. The SMILES string of the molecule is CC(C)(NC(=O)c1ccc2ccccc2c1OCc1csc2ccc(Cl)cc12)C(=O)O. The van der Waals surface area contributed by atoms with E-state index in [1.54, 1.807) is 17.4 Å². The third-order valence-electron chi connectivity index (χ3n) is 5.07. The van der Waals surface area contributed by atoms with Crippen LogP contribution in [0.1, 0.15) is 29.8 Å². The Morgan fingerprint density at radius 3 is 2.65 bits per heavy atom. The molecule has 3 aromatic carbocycles. The fourth-order valence-electron chi connectivity index (χ4n) is 3.30. The highest BCUT2D eigenvalue weighted by Crippen LogP contribution is 2.33. The number of amides is 1. The van der Waals surface area contributed by atoms with E-state index in [2.05, 4.69) is 5.32 Å². The van der Waals surface area contributed by atoms with Gasteiger partial charge >= 0.3 is 5.97 Å². The van der Waals surface area contributed by atoms with Gasteiger partial charge in [0.15, 0.2) is 0 Å². The van der Waals surface area contributed by atoms with Gasteiger partial charge < -0.3 is 15.2 Å². The molecule has 5 nitrogen and oxygen atoms in total. The number of benzene rings is 3. The molecule has 0 saturated heterocycles. The lowest BCUT2D eigenvalue weighted by atomic mass is 10.0. The first-order valence-electron chi connectivity index (χ1n) is 9.62. The molecule has 4 aromatic rings. The maximum Gasteiger partial charge on any atom is 0.328 e. The van der Waals surface area contributed by atoms with Crippen molar-refractivity contribution >= 4 is 55.7 Å². The highest BCUT2D eigenvalue weighted by molar-refractivity contribution is 7.17. The van der Waals surface area contributed by atoms with Gasteiger partial charge in [0.1, 0.15) is 17.9 Å². The first kappa shape index (κ1) is 21.2. The molecule has 0 spiro atoms. The third-order valence-corrected chi connectivity index (χ3v) is 6.32. The van der Waals surface area contributed by atoms with Crippen molar-refractivity contribution in [2.24, 2.45) is 0 Å². The fraction of sp³-hybridized carbons (Fsp3) is 0.167. The Kier molecular flexibility index (Phi) is 5.60. The zero-order valence-electron chi connectivity index (χ0n) is 16.9. The fourth-order valence-corrected chi connectivity index (χ4v) is 4.40. The monoisotopic (exact) mass is 453 g/mol. The quantitative estimate of drug-likeness (QED) is 0.382. The molecule has 0 unspecified atom stereocenters. The maximum atomic E-state index is 13.0. The number of carboxylic acids is 1. The molecule has 2 N–H and O–H groups in total. The first-order valence-corrected chi connectivity index (χ1v) is 10.9. The predicted octanol–water partition coefficient (Wildman–Crippen LogP) is 5.88. The van der Waals surface area contributed by atoms with Gasteiger partial charge in [0, 0.05) is 26.1 Å². The van der Waals surface area contributed by atoms with Crippen molar-refractivity contribution in [1.82, 2.24) is 5.32 Å². The molecule has 7 heteroatoms.